The summed E-state index contributed by atoms with van der Waals surface area (Å²) in [5.41, 5.74) is 3.36. The van der Waals surface area contributed by atoms with Gasteiger partial charge in [0.2, 0.25) is 0 Å². The van der Waals surface area contributed by atoms with Crippen molar-refractivity contribution in [1.82, 2.24) is 0 Å². The topological polar surface area (TPSA) is 41.5 Å². The average molecular weight is 237 g/mol. The highest BCUT2D eigenvalue weighted by Gasteiger charge is 2.21. The molecule has 0 saturated carbocycles. The van der Waals surface area contributed by atoms with Gasteiger partial charge in [-0.25, -0.2) is 0 Å². The van der Waals surface area contributed by atoms with E-state index in [4.69, 9.17) is 9.84 Å². The third-order valence-corrected chi connectivity index (χ3v) is 2.67. The Hall–Kier alpha value is -1.22. The summed E-state index contributed by atoms with van der Waals surface area (Å²) in [6.07, 6.45) is 0. The third kappa shape index (κ3) is 3.37. The molecule has 0 aliphatic carbocycles. The monoisotopic (exact) mass is 237 g/mol. The predicted molar refractivity (Wildman–Crippen MR) is 72.0 cm³/mol. The highest BCUT2D eigenvalue weighted by molar-refractivity contribution is 5.63. The molecule has 96 valence electrons. The van der Waals surface area contributed by atoms with E-state index in [-0.39, 0.29) is 12.0 Å². The second-order valence-electron chi connectivity index (χ2n) is 5.29. The summed E-state index contributed by atoms with van der Waals surface area (Å²) in [5.74, 6) is 0.872. The van der Waals surface area contributed by atoms with Gasteiger partial charge in [0.25, 0.3) is 0 Å². The number of anilines is 1. The molecule has 0 aliphatic rings. The highest BCUT2D eigenvalue weighted by Crippen LogP contribution is 2.37. The van der Waals surface area contributed by atoms with Crippen molar-refractivity contribution in [1.29, 1.82) is 0 Å². The Labute approximate surface area is 104 Å². The number of aliphatic hydroxyl groups is 1. The van der Waals surface area contributed by atoms with Crippen LogP contribution in [0.3, 0.4) is 0 Å². The molecule has 0 unspecified atom stereocenters. The summed E-state index contributed by atoms with van der Waals surface area (Å²) >= 11 is 0. The first kappa shape index (κ1) is 13.8. The van der Waals surface area contributed by atoms with Crippen LogP contribution in [0, 0.1) is 6.92 Å². The first-order valence-corrected chi connectivity index (χ1v) is 5.94. The van der Waals surface area contributed by atoms with Gasteiger partial charge in [0.1, 0.15) is 5.75 Å². The Morgan fingerprint density at radius 1 is 1.29 bits per heavy atom. The van der Waals surface area contributed by atoms with Crippen LogP contribution in [0.5, 0.6) is 5.75 Å². The highest BCUT2D eigenvalue weighted by atomic mass is 16.5. The zero-order chi connectivity index (χ0) is 13.1. The van der Waals surface area contributed by atoms with Crippen LogP contribution in [0.15, 0.2) is 12.1 Å². The third-order valence-electron chi connectivity index (χ3n) is 2.67. The van der Waals surface area contributed by atoms with E-state index in [1.54, 1.807) is 7.11 Å². The van der Waals surface area contributed by atoms with Gasteiger partial charge in [-0.15, -0.1) is 0 Å². The van der Waals surface area contributed by atoms with Gasteiger partial charge in [-0.1, -0.05) is 26.8 Å². The van der Waals surface area contributed by atoms with E-state index in [0.717, 1.165) is 11.4 Å². The first-order valence-electron chi connectivity index (χ1n) is 5.94. The summed E-state index contributed by atoms with van der Waals surface area (Å²) in [5, 5.41) is 12.1. The van der Waals surface area contributed by atoms with Crippen molar-refractivity contribution in [2.45, 2.75) is 33.1 Å². The average Bonchev–Trinajstić information content (AvgIpc) is 2.24. The maximum Gasteiger partial charge on any atom is 0.145 e. The molecule has 0 aromatic heterocycles. The minimum Gasteiger partial charge on any atom is -0.494 e. The van der Waals surface area contributed by atoms with Gasteiger partial charge in [0.15, 0.2) is 0 Å². The van der Waals surface area contributed by atoms with Gasteiger partial charge in [-0.05, 0) is 24.0 Å². The molecule has 0 atom stereocenters. The van der Waals surface area contributed by atoms with Crippen molar-refractivity contribution in [3.05, 3.63) is 23.3 Å². The largest absolute Gasteiger partial charge is 0.494 e. The van der Waals surface area contributed by atoms with E-state index >= 15 is 0 Å². The number of rotatable bonds is 4. The summed E-state index contributed by atoms with van der Waals surface area (Å²) in [6.45, 7) is 9.21. The van der Waals surface area contributed by atoms with Crippen molar-refractivity contribution >= 4 is 5.69 Å². The normalized spacial score (nSPS) is 11.4. The van der Waals surface area contributed by atoms with Crippen molar-refractivity contribution in [2.75, 3.05) is 25.6 Å². The van der Waals surface area contributed by atoms with Gasteiger partial charge in [-0.3, -0.25) is 0 Å². The van der Waals surface area contributed by atoms with E-state index in [1.165, 1.54) is 11.1 Å². The molecular formula is C14H23NO2. The maximum atomic E-state index is 8.89. The molecule has 0 heterocycles. The molecule has 0 saturated heterocycles. The van der Waals surface area contributed by atoms with Gasteiger partial charge in [0, 0.05) is 12.1 Å². The molecule has 0 aliphatic heterocycles. The lowest BCUT2D eigenvalue weighted by molar-refractivity contribution is 0.310. The summed E-state index contributed by atoms with van der Waals surface area (Å²) in [7, 11) is 1.68. The SMILES string of the molecule is COc1c(NCCO)cc(C)cc1C(C)(C)C. The number of benzene rings is 1. The number of ether oxygens (including phenoxy) is 1. The number of hydrogen-bond donors (Lipinski definition) is 2. The second-order valence-corrected chi connectivity index (χ2v) is 5.29. The molecule has 2 N–H and O–H groups in total. The Bertz CT molecular complexity index is 381. The molecule has 0 bridgehead atoms. The Balaban J connectivity index is 3.25. The van der Waals surface area contributed by atoms with Crippen molar-refractivity contribution in [3.63, 3.8) is 0 Å². The van der Waals surface area contributed by atoms with Crippen molar-refractivity contribution in [3.8, 4) is 5.75 Å². The molecule has 1 rings (SSSR count). The van der Waals surface area contributed by atoms with Gasteiger partial charge < -0.3 is 15.2 Å². The fourth-order valence-corrected chi connectivity index (χ4v) is 1.87. The molecule has 3 nitrogen and oxygen atoms in total. The Morgan fingerprint density at radius 2 is 1.94 bits per heavy atom. The Morgan fingerprint density at radius 3 is 2.41 bits per heavy atom. The minimum atomic E-state index is 0.0347. The van der Waals surface area contributed by atoms with Crippen LogP contribution in [0.25, 0.3) is 0 Å². The van der Waals surface area contributed by atoms with E-state index in [9.17, 15) is 0 Å². The zero-order valence-corrected chi connectivity index (χ0v) is 11.4. The first-order chi connectivity index (χ1) is 7.90. The van der Waals surface area contributed by atoms with E-state index < -0.39 is 0 Å². The lowest BCUT2D eigenvalue weighted by Crippen LogP contribution is -2.15. The van der Waals surface area contributed by atoms with Crippen LogP contribution < -0.4 is 10.1 Å². The summed E-state index contributed by atoms with van der Waals surface area (Å²) in [4.78, 5) is 0. The smallest absolute Gasteiger partial charge is 0.145 e. The van der Waals surface area contributed by atoms with Crippen LogP contribution in [-0.2, 0) is 5.41 Å². The van der Waals surface area contributed by atoms with Crippen molar-refractivity contribution in [2.24, 2.45) is 0 Å². The number of aryl methyl sites for hydroxylation is 1. The lowest BCUT2D eigenvalue weighted by Gasteiger charge is -2.25. The van der Waals surface area contributed by atoms with Gasteiger partial charge in [0.05, 0.1) is 19.4 Å². The zero-order valence-electron chi connectivity index (χ0n) is 11.4. The van der Waals surface area contributed by atoms with Gasteiger partial charge in [-0.2, -0.15) is 0 Å². The van der Waals surface area contributed by atoms with E-state index in [2.05, 4.69) is 39.1 Å². The number of hydrogen-bond acceptors (Lipinski definition) is 3. The summed E-state index contributed by atoms with van der Waals surface area (Å²) < 4.78 is 5.51. The summed E-state index contributed by atoms with van der Waals surface area (Å²) in [6, 6.07) is 4.20. The quantitative estimate of drug-likeness (QED) is 0.846. The van der Waals surface area contributed by atoms with Crippen LogP contribution in [-0.4, -0.2) is 25.4 Å². The standard InChI is InChI=1S/C14H23NO2/c1-10-8-11(14(2,3)4)13(17-5)12(9-10)15-6-7-16/h8-9,15-16H,6-7H2,1-5H3. The predicted octanol–water partition coefficient (Wildman–Crippen LogP) is 2.71. The molecule has 1 aromatic rings. The second kappa shape index (κ2) is 5.41. The number of aliphatic hydroxyl groups excluding tert-OH is 1. The number of nitrogens with one attached hydrogen (secondary N) is 1. The van der Waals surface area contributed by atoms with Gasteiger partial charge >= 0.3 is 0 Å². The minimum absolute atomic E-state index is 0.0347. The van der Waals surface area contributed by atoms with E-state index in [0.29, 0.717) is 6.54 Å². The molecule has 17 heavy (non-hydrogen) atoms. The fourth-order valence-electron chi connectivity index (χ4n) is 1.87. The van der Waals surface area contributed by atoms with Crippen LogP contribution in [0.2, 0.25) is 0 Å². The molecule has 3 heteroatoms. The van der Waals surface area contributed by atoms with E-state index in [1.807, 2.05) is 6.07 Å². The fraction of sp³-hybridized carbons (Fsp3) is 0.571. The van der Waals surface area contributed by atoms with Crippen molar-refractivity contribution < 1.29 is 9.84 Å². The molecule has 0 fully saturated rings. The molecule has 0 amide bonds. The molecule has 1 aromatic carbocycles. The lowest BCUT2D eigenvalue weighted by atomic mass is 9.85. The van der Waals surface area contributed by atoms with Crippen LogP contribution >= 0.6 is 0 Å². The van der Waals surface area contributed by atoms with Crippen LogP contribution in [0.1, 0.15) is 31.9 Å². The van der Waals surface area contributed by atoms with Crippen LogP contribution in [0.4, 0.5) is 5.69 Å². The molecule has 0 spiro atoms. The Kier molecular flexibility index (Phi) is 4.40. The number of methoxy groups -OCH3 is 1. The maximum absolute atomic E-state index is 8.89. The molecular weight excluding hydrogens is 214 g/mol. The molecule has 0 radical (unpaired) electrons.